The largest absolute Gasteiger partial charge is 0.352 e. The van der Waals surface area contributed by atoms with E-state index in [-0.39, 0.29) is 10.8 Å². The Morgan fingerprint density at radius 3 is 2.59 bits per heavy atom. The maximum atomic E-state index is 11.7. The second kappa shape index (κ2) is 7.09. The van der Waals surface area contributed by atoms with Crippen molar-refractivity contribution in [3.63, 3.8) is 0 Å². The Morgan fingerprint density at radius 2 is 2.00 bits per heavy atom. The van der Waals surface area contributed by atoms with Gasteiger partial charge in [-0.15, -0.1) is 5.10 Å². The van der Waals surface area contributed by atoms with Crippen LogP contribution in [0.15, 0.2) is 35.5 Å². The highest BCUT2D eigenvalue weighted by Gasteiger charge is 2.07. The van der Waals surface area contributed by atoms with Crippen LogP contribution in [0.2, 0.25) is 0 Å². The summed E-state index contributed by atoms with van der Waals surface area (Å²) in [7, 11) is -3.69. The van der Waals surface area contributed by atoms with Gasteiger partial charge < -0.3 is 5.32 Å². The number of nitrogens with two attached hydrogens (primary N) is 1. The average molecular weight is 324 g/mol. The molecule has 9 nitrogen and oxygen atoms in total. The van der Waals surface area contributed by atoms with E-state index >= 15 is 0 Å². The lowest BCUT2D eigenvalue weighted by molar-refractivity contribution is -0.121. The van der Waals surface area contributed by atoms with Crippen molar-refractivity contribution >= 4 is 15.9 Å². The molecule has 0 radical (unpaired) electrons. The number of nitrogens with one attached hydrogen (secondary N) is 1. The van der Waals surface area contributed by atoms with Crippen LogP contribution in [0.4, 0.5) is 0 Å². The van der Waals surface area contributed by atoms with E-state index < -0.39 is 10.0 Å². The minimum Gasteiger partial charge on any atom is -0.352 e. The Morgan fingerprint density at radius 1 is 1.27 bits per heavy atom. The zero-order valence-electron chi connectivity index (χ0n) is 11.7. The summed E-state index contributed by atoms with van der Waals surface area (Å²) in [5, 5.41) is 18.5. The Bertz CT molecular complexity index is 712. The first kappa shape index (κ1) is 16.0. The van der Waals surface area contributed by atoms with Gasteiger partial charge in [0, 0.05) is 19.5 Å². The number of benzene rings is 1. The maximum absolute atomic E-state index is 11.7. The number of aryl methyl sites for hydroxylation is 1. The highest BCUT2D eigenvalue weighted by atomic mass is 32.2. The van der Waals surface area contributed by atoms with Gasteiger partial charge in [0.05, 0.1) is 4.90 Å². The van der Waals surface area contributed by atoms with Crippen molar-refractivity contribution in [3.05, 3.63) is 36.2 Å². The van der Waals surface area contributed by atoms with Gasteiger partial charge in [0.2, 0.25) is 15.9 Å². The van der Waals surface area contributed by atoms with Crippen LogP contribution in [0, 0.1) is 0 Å². The third kappa shape index (κ3) is 4.90. The number of primary sulfonamides is 1. The molecule has 1 aromatic carbocycles. The summed E-state index contributed by atoms with van der Waals surface area (Å²) in [4.78, 5) is 11.7. The Balaban J connectivity index is 1.74. The molecule has 1 amide bonds. The number of sulfonamides is 1. The topological polar surface area (TPSA) is 133 Å². The number of rotatable bonds is 7. The summed E-state index contributed by atoms with van der Waals surface area (Å²) in [6, 6.07) is 6.05. The number of carbonyl (C=O) groups is 1. The van der Waals surface area contributed by atoms with Crippen molar-refractivity contribution in [1.82, 2.24) is 25.5 Å². The van der Waals surface area contributed by atoms with Crippen LogP contribution in [0.3, 0.4) is 0 Å². The van der Waals surface area contributed by atoms with E-state index in [0.717, 1.165) is 5.56 Å². The predicted octanol–water partition coefficient (Wildman–Crippen LogP) is -0.583. The molecule has 0 bridgehead atoms. The first-order valence-corrected chi connectivity index (χ1v) is 8.09. The number of tetrazole rings is 1. The highest BCUT2D eigenvalue weighted by molar-refractivity contribution is 7.89. The Hall–Kier alpha value is -2.33. The molecule has 0 saturated carbocycles. The summed E-state index contributed by atoms with van der Waals surface area (Å²) in [6.07, 6.45) is 2.47. The summed E-state index contributed by atoms with van der Waals surface area (Å²) in [5.41, 5.74) is 0.793. The van der Waals surface area contributed by atoms with Gasteiger partial charge in [-0.2, -0.15) is 0 Å². The molecule has 118 valence electrons. The predicted molar refractivity (Wildman–Crippen MR) is 76.7 cm³/mol. The van der Waals surface area contributed by atoms with Gasteiger partial charge >= 0.3 is 0 Å². The number of hydrogen-bond donors (Lipinski definition) is 2. The molecule has 1 heterocycles. The molecule has 1 aromatic heterocycles. The number of carbonyl (C=O) groups excluding carboxylic acids is 1. The maximum Gasteiger partial charge on any atom is 0.238 e. The zero-order valence-corrected chi connectivity index (χ0v) is 12.5. The van der Waals surface area contributed by atoms with Crippen LogP contribution < -0.4 is 10.5 Å². The van der Waals surface area contributed by atoms with Crippen LogP contribution >= 0.6 is 0 Å². The standard InChI is InChI=1S/C12H16N6O3S/c13-22(20,21)11-5-3-10(4-6-11)8-14-12(19)2-1-7-18-9-15-16-17-18/h3-6,9H,1-2,7-8H2,(H,14,19)(H2,13,20,21). The molecular weight excluding hydrogens is 308 g/mol. The molecule has 0 fully saturated rings. The minimum atomic E-state index is -3.69. The van der Waals surface area contributed by atoms with Gasteiger partial charge in [-0.1, -0.05) is 12.1 Å². The van der Waals surface area contributed by atoms with Crippen LogP contribution in [-0.2, 0) is 27.9 Å². The van der Waals surface area contributed by atoms with Crippen molar-refractivity contribution in [2.24, 2.45) is 5.14 Å². The molecule has 0 aliphatic rings. The second-order valence-electron chi connectivity index (χ2n) is 4.64. The minimum absolute atomic E-state index is 0.0454. The SMILES string of the molecule is NS(=O)(=O)c1ccc(CNC(=O)CCCn2cnnn2)cc1. The van der Waals surface area contributed by atoms with E-state index in [4.69, 9.17) is 5.14 Å². The molecule has 0 atom stereocenters. The van der Waals surface area contributed by atoms with Gasteiger partial charge in [-0.25, -0.2) is 18.2 Å². The fourth-order valence-electron chi connectivity index (χ4n) is 1.77. The molecule has 0 aliphatic heterocycles. The zero-order chi connectivity index (χ0) is 16.0. The molecule has 2 rings (SSSR count). The van der Waals surface area contributed by atoms with Crippen molar-refractivity contribution in [1.29, 1.82) is 0 Å². The first-order valence-electron chi connectivity index (χ1n) is 6.54. The lowest BCUT2D eigenvalue weighted by atomic mass is 10.2. The molecule has 2 aromatic rings. The fraction of sp³-hybridized carbons (Fsp3) is 0.333. The van der Waals surface area contributed by atoms with Crippen LogP contribution in [0.25, 0.3) is 0 Å². The molecule has 0 spiro atoms. The third-order valence-corrected chi connectivity index (χ3v) is 3.85. The summed E-state index contributed by atoms with van der Waals surface area (Å²) in [5.74, 6) is -0.0939. The summed E-state index contributed by atoms with van der Waals surface area (Å²) >= 11 is 0. The van der Waals surface area contributed by atoms with Crippen molar-refractivity contribution < 1.29 is 13.2 Å². The van der Waals surface area contributed by atoms with Crippen molar-refractivity contribution in [2.45, 2.75) is 30.8 Å². The van der Waals surface area contributed by atoms with Gasteiger partial charge in [-0.05, 0) is 34.5 Å². The smallest absolute Gasteiger partial charge is 0.238 e. The monoisotopic (exact) mass is 324 g/mol. The van der Waals surface area contributed by atoms with Gasteiger partial charge in [0.15, 0.2) is 0 Å². The lowest BCUT2D eigenvalue weighted by Gasteiger charge is -2.06. The normalized spacial score (nSPS) is 11.3. The van der Waals surface area contributed by atoms with Gasteiger partial charge in [0.25, 0.3) is 0 Å². The molecule has 0 saturated heterocycles. The van der Waals surface area contributed by atoms with E-state index in [1.54, 1.807) is 16.8 Å². The van der Waals surface area contributed by atoms with Crippen LogP contribution in [0.5, 0.6) is 0 Å². The summed E-state index contributed by atoms with van der Waals surface area (Å²) < 4.78 is 23.8. The number of hydrogen-bond acceptors (Lipinski definition) is 6. The van der Waals surface area contributed by atoms with Crippen molar-refractivity contribution in [3.8, 4) is 0 Å². The van der Waals surface area contributed by atoms with Crippen LogP contribution in [-0.4, -0.2) is 34.5 Å². The average Bonchev–Trinajstić information content (AvgIpc) is 2.98. The number of aromatic nitrogens is 4. The van der Waals surface area contributed by atoms with E-state index in [9.17, 15) is 13.2 Å². The third-order valence-electron chi connectivity index (χ3n) is 2.92. The Kier molecular flexibility index (Phi) is 5.17. The highest BCUT2D eigenvalue weighted by Crippen LogP contribution is 2.08. The van der Waals surface area contributed by atoms with E-state index in [1.165, 1.54) is 18.5 Å². The summed E-state index contributed by atoms with van der Waals surface area (Å²) in [6.45, 7) is 0.901. The molecule has 0 aliphatic carbocycles. The molecule has 0 unspecified atom stereocenters. The number of amides is 1. The van der Waals surface area contributed by atoms with Crippen molar-refractivity contribution in [2.75, 3.05) is 0 Å². The van der Waals surface area contributed by atoms with E-state index in [0.29, 0.717) is 25.9 Å². The quantitative estimate of drug-likeness (QED) is 0.700. The number of nitrogens with zero attached hydrogens (tertiary/aromatic N) is 4. The van der Waals surface area contributed by atoms with Gasteiger partial charge in [-0.3, -0.25) is 4.79 Å². The second-order valence-corrected chi connectivity index (χ2v) is 6.20. The van der Waals surface area contributed by atoms with E-state index in [1.807, 2.05) is 0 Å². The molecular formula is C12H16N6O3S. The van der Waals surface area contributed by atoms with Crippen LogP contribution in [0.1, 0.15) is 18.4 Å². The lowest BCUT2D eigenvalue weighted by Crippen LogP contribution is -2.23. The van der Waals surface area contributed by atoms with Gasteiger partial charge in [0.1, 0.15) is 6.33 Å². The molecule has 10 heteroatoms. The first-order chi connectivity index (χ1) is 10.4. The molecule has 3 N–H and O–H groups in total. The molecule has 22 heavy (non-hydrogen) atoms. The van der Waals surface area contributed by atoms with E-state index in [2.05, 4.69) is 20.8 Å². The fourth-order valence-corrected chi connectivity index (χ4v) is 2.29. The Labute approximate surface area is 127 Å².